The first kappa shape index (κ1) is 12.7. The van der Waals surface area contributed by atoms with Gasteiger partial charge in [0.2, 0.25) is 0 Å². The predicted molar refractivity (Wildman–Crippen MR) is 68.4 cm³/mol. The molecule has 2 aromatic carbocycles. The maximum absolute atomic E-state index is 13.5. The smallest absolute Gasteiger partial charge is 0.129 e. The van der Waals surface area contributed by atoms with Gasteiger partial charge in [-0.25, -0.2) is 8.78 Å². The average Bonchev–Trinajstić information content (AvgIpc) is 2.34. The standard InChI is InChI=1S/C15H15F2N/c1-18-10-12-4-2-3-11(7-12)8-13-5-6-14(16)9-15(13)17/h2-7,9,18H,8,10H2,1H3. The Hall–Kier alpha value is -1.74. The lowest BCUT2D eigenvalue weighted by atomic mass is 10.0. The third-order valence-electron chi connectivity index (χ3n) is 2.78. The highest BCUT2D eigenvalue weighted by Crippen LogP contribution is 2.15. The Kier molecular flexibility index (Phi) is 4.05. The average molecular weight is 247 g/mol. The first-order chi connectivity index (χ1) is 8.69. The van der Waals surface area contributed by atoms with E-state index in [2.05, 4.69) is 5.32 Å². The molecule has 18 heavy (non-hydrogen) atoms. The summed E-state index contributed by atoms with van der Waals surface area (Å²) in [6, 6.07) is 11.6. The predicted octanol–water partition coefficient (Wildman–Crippen LogP) is 3.28. The van der Waals surface area contributed by atoms with Crippen LogP contribution in [0.4, 0.5) is 8.78 Å². The Morgan fingerprint density at radius 1 is 1.00 bits per heavy atom. The second-order valence-electron chi connectivity index (χ2n) is 4.26. The number of hydrogen-bond acceptors (Lipinski definition) is 1. The van der Waals surface area contributed by atoms with E-state index in [1.165, 1.54) is 12.1 Å². The molecule has 1 N–H and O–H groups in total. The minimum absolute atomic E-state index is 0.476. The molecule has 0 bridgehead atoms. The summed E-state index contributed by atoms with van der Waals surface area (Å²) in [4.78, 5) is 0. The fraction of sp³-hybridized carbons (Fsp3) is 0.200. The van der Waals surface area contributed by atoms with Crippen LogP contribution in [0.5, 0.6) is 0 Å². The van der Waals surface area contributed by atoms with E-state index in [4.69, 9.17) is 0 Å². The Bertz CT molecular complexity index is 538. The molecule has 2 aromatic rings. The first-order valence-electron chi connectivity index (χ1n) is 5.85. The van der Waals surface area contributed by atoms with Gasteiger partial charge in [0.1, 0.15) is 11.6 Å². The molecule has 0 radical (unpaired) electrons. The molecule has 1 nitrogen and oxygen atoms in total. The van der Waals surface area contributed by atoms with Crippen LogP contribution < -0.4 is 5.32 Å². The monoisotopic (exact) mass is 247 g/mol. The molecule has 94 valence electrons. The molecular formula is C15H15F2N. The summed E-state index contributed by atoms with van der Waals surface area (Å²) in [6.07, 6.45) is 0.476. The van der Waals surface area contributed by atoms with E-state index in [1.54, 1.807) is 0 Å². The molecule has 0 fully saturated rings. The van der Waals surface area contributed by atoms with Crippen LogP contribution in [-0.4, -0.2) is 7.05 Å². The van der Waals surface area contributed by atoms with Gasteiger partial charge in [0.05, 0.1) is 0 Å². The van der Waals surface area contributed by atoms with Crippen molar-refractivity contribution in [3.05, 3.63) is 70.8 Å². The van der Waals surface area contributed by atoms with E-state index in [9.17, 15) is 8.78 Å². The summed E-state index contributed by atoms with van der Waals surface area (Å²) >= 11 is 0. The SMILES string of the molecule is CNCc1cccc(Cc2ccc(F)cc2F)c1. The molecule has 0 aliphatic carbocycles. The van der Waals surface area contributed by atoms with Crippen molar-refractivity contribution < 1.29 is 8.78 Å². The van der Waals surface area contributed by atoms with Crippen LogP contribution in [0.2, 0.25) is 0 Å². The number of nitrogens with one attached hydrogen (secondary N) is 1. The zero-order valence-corrected chi connectivity index (χ0v) is 10.2. The van der Waals surface area contributed by atoms with Crippen LogP contribution in [0, 0.1) is 11.6 Å². The molecule has 0 aliphatic rings. The fourth-order valence-corrected chi connectivity index (χ4v) is 1.94. The molecule has 0 saturated heterocycles. The molecule has 0 spiro atoms. The van der Waals surface area contributed by atoms with Crippen molar-refractivity contribution in [2.75, 3.05) is 7.05 Å². The molecule has 2 rings (SSSR count). The van der Waals surface area contributed by atoms with Gasteiger partial charge in [-0.2, -0.15) is 0 Å². The van der Waals surface area contributed by atoms with Gasteiger partial charge < -0.3 is 5.32 Å². The Labute approximate surface area is 105 Å². The zero-order valence-electron chi connectivity index (χ0n) is 10.2. The Morgan fingerprint density at radius 3 is 2.50 bits per heavy atom. The highest BCUT2D eigenvalue weighted by molar-refractivity contribution is 5.30. The maximum atomic E-state index is 13.5. The minimum Gasteiger partial charge on any atom is -0.316 e. The van der Waals surface area contributed by atoms with Crippen molar-refractivity contribution in [1.82, 2.24) is 5.32 Å². The van der Waals surface area contributed by atoms with E-state index in [0.29, 0.717) is 12.0 Å². The van der Waals surface area contributed by atoms with Crippen molar-refractivity contribution in [2.45, 2.75) is 13.0 Å². The summed E-state index contributed by atoms with van der Waals surface area (Å²) in [5, 5.41) is 3.07. The van der Waals surface area contributed by atoms with Gasteiger partial charge >= 0.3 is 0 Å². The normalized spacial score (nSPS) is 10.6. The Morgan fingerprint density at radius 2 is 1.78 bits per heavy atom. The molecule has 0 unspecified atom stereocenters. The van der Waals surface area contributed by atoms with E-state index in [0.717, 1.165) is 23.7 Å². The quantitative estimate of drug-likeness (QED) is 0.874. The van der Waals surface area contributed by atoms with Crippen molar-refractivity contribution in [3.63, 3.8) is 0 Å². The molecular weight excluding hydrogens is 232 g/mol. The lowest BCUT2D eigenvalue weighted by molar-refractivity contribution is 0.574. The van der Waals surface area contributed by atoms with Crippen molar-refractivity contribution in [1.29, 1.82) is 0 Å². The van der Waals surface area contributed by atoms with Crippen LogP contribution in [0.25, 0.3) is 0 Å². The summed E-state index contributed by atoms with van der Waals surface area (Å²) in [5.74, 6) is -1.03. The van der Waals surface area contributed by atoms with Gasteiger partial charge in [0.15, 0.2) is 0 Å². The van der Waals surface area contributed by atoms with Crippen LogP contribution in [-0.2, 0) is 13.0 Å². The Balaban J connectivity index is 2.20. The number of rotatable bonds is 4. The number of benzene rings is 2. The molecule has 0 amide bonds. The van der Waals surface area contributed by atoms with Gasteiger partial charge in [0.25, 0.3) is 0 Å². The van der Waals surface area contributed by atoms with Gasteiger partial charge in [0, 0.05) is 19.0 Å². The second kappa shape index (κ2) is 5.74. The highest BCUT2D eigenvalue weighted by Gasteiger charge is 2.05. The third-order valence-corrected chi connectivity index (χ3v) is 2.78. The van der Waals surface area contributed by atoms with Crippen molar-refractivity contribution in [3.8, 4) is 0 Å². The molecule has 3 heteroatoms. The van der Waals surface area contributed by atoms with E-state index in [1.807, 2.05) is 31.3 Å². The lowest BCUT2D eigenvalue weighted by Gasteiger charge is -2.06. The summed E-state index contributed by atoms with van der Waals surface area (Å²) in [6.45, 7) is 0.778. The summed E-state index contributed by atoms with van der Waals surface area (Å²) in [7, 11) is 1.88. The van der Waals surface area contributed by atoms with Crippen LogP contribution in [0.15, 0.2) is 42.5 Å². The molecule has 0 aromatic heterocycles. The number of hydrogen-bond donors (Lipinski definition) is 1. The third kappa shape index (κ3) is 3.14. The van der Waals surface area contributed by atoms with Crippen LogP contribution in [0.3, 0.4) is 0 Å². The van der Waals surface area contributed by atoms with Gasteiger partial charge in [-0.1, -0.05) is 30.3 Å². The molecule has 0 heterocycles. The topological polar surface area (TPSA) is 12.0 Å². The summed E-state index contributed by atoms with van der Waals surface area (Å²) in [5.41, 5.74) is 2.68. The second-order valence-corrected chi connectivity index (χ2v) is 4.26. The van der Waals surface area contributed by atoms with E-state index >= 15 is 0 Å². The maximum Gasteiger partial charge on any atom is 0.129 e. The fourth-order valence-electron chi connectivity index (χ4n) is 1.94. The van der Waals surface area contributed by atoms with E-state index in [-0.39, 0.29) is 0 Å². The lowest BCUT2D eigenvalue weighted by Crippen LogP contribution is -2.05. The minimum atomic E-state index is -0.541. The molecule has 0 atom stereocenters. The van der Waals surface area contributed by atoms with Crippen LogP contribution in [0.1, 0.15) is 16.7 Å². The zero-order chi connectivity index (χ0) is 13.0. The highest BCUT2D eigenvalue weighted by atomic mass is 19.1. The number of halogens is 2. The van der Waals surface area contributed by atoms with Crippen LogP contribution >= 0.6 is 0 Å². The molecule has 0 aliphatic heterocycles. The van der Waals surface area contributed by atoms with Gasteiger partial charge in [-0.3, -0.25) is 0 Å². The van der Waals surface area contributed by atoms with Crippen molar-refractivity contribution >= 4 is 0 Å². The molecule has 0 saturated carbocycles. The van der Waals surface area contributed by atoms with Crippen molar-refractivity contribution in [2.24, 2.45) is 0 Å². The van der Waals surface area contributed by atoms with Gasteiger partial charge in [-0.05, 0) is 29.8 Å². The van der Waals surface area contributed by atoms with Gasteiger partial charge in [-0.15, -0.1) is 0 Å². The summed E-state index contributed by atoms with van der Waals surface area (Å²) < 4.78 is 26.3. The first-order valence-corrected chi connectivity index (χ1v) is 5.85. The largest absolute Gasteiger partial charge is 0.316 e. The van der Waals surface area contributed by atoms with E-state index < -0.39 is 11.6 Å².